The van der Waals surface area contributed by atoms with Crippen LogP contribution in [0.25, 0.3) is 0 Å². The molecule has 0 unspecified atom stereocenters. The first-order chi connectivity index (χ1) is 8.47. The highest BCUT2D eigenvalue weighted by Crippen LogP contribution is 2.19. The lowest BCUT2D eigenvalue weighted by Gasteiger charge is -2.07. The van der Waals surface area contributed by atoms with Gasteiger partial charge in [0.2, 0.25) is 0 Å². The molecule has 3 heteroatoms. The summed E-state index contributed by atoms with van der Waals surface area (Å²) in [5, 5.41) is 0. The lowest BCUT2D eigenvalue weighted by molar-refractivity contribution is 0.103. The second kappa shape index (κ2) is 4.53. The number of aryl methyl sites for hydroxylation is 2. The van der Waals surface area contributed by atoms with Gasteiger partial charge < -0.3 is 11.5 Å². The number of anilines is 2. The summed E-state index contributed by atoms with van der Waals surface area (Å²) in [6.07, 6.45) is 0. The summed E-state index contributed by atoms with van der Waals surface area (Å²) in [4.78, 5) is 12.4. The van der Waals surface area contributed by atoms with Crippen molar-refractivity contribution in [3.8, 4) is 0 Å². The van der Waals surface area contributed by atoms with Crippen LogP contribution in [-0.4, -0.2) is 5.78 Å². The molecule has 0 fully saturated rings. The second-order valence-corrected chi connectivity index (χ2v) is 4.54. The summed E-state index contributed by atoms with van der Waals surface area (Å²) >= 11 is 0. The third-order valence-electron chi connectivity index (χ3n) is 2.86. The molecule has 18 heavy (non-hydrogen) atoms. The van der Waals surface area contributed by atoms with Crippen LogP contribution >= 0.6 is 0 Å². The van der Waals surface area contributed by atoms with Crippen molar-refractivity contribution in [2.75, 3.05) is 11.5 Å². The predicted molar refractivity (Wildman–Crippen MR) is 74.6 cm³/mol. The molecule has 0 bridgehead atoms. The van der Waals surface area contributed by atoms with Crippen LogP contribution in [0.5, 0.6) is 0 Å². The van der Waals surface area contributed by atoms with Gasteiger partial charge in [0.05, 0.1) is 0 Å². The van der Waals surface area contributed by atoms with Gasteiger partial charge in [0.1, 0.15) is 0 Å². The topological polar surface area (TPSA) is 69.1 Å². The van der Waals surface area contributed by atoms with Crippen LogP contribution < -0.4 is 11.5 Å². The summed E-state index contributed by atoms with van der Waals surface area (Å²) in [5.74, 6) is -0.0251. The Hall–Kier alpha value is -2.29. The van der Waals surface area contributed by atoms with Gasteiger partial charge in [-0.25, -0.2) is 0 Å². The number of benzene rings is 2. The normalized spacial score (nSPS) is 10.3. The van der Waals surface area contributed by atoms with Gasteiger partial charge in [0.25, 0.3) is 0 Å². The van der Waals surface area contributed by atoms with Crippen LogP contribution in [0, 0.1) is 13.8 Å². The van der Waals surface area contributed by atoms with Crippen LogP contribution in [0.1, 0.15) is 27.0 Å². The average molecular weight is 240 g/mol. The van der Waals surface area contributed by atoms with Crippen LogP contribution in [0.15, 0.2) is 36.4 Å². The summed E-state index contributed by atoms with van der Waals surface area (Å²) < 4.78 is 0. The van der Waals surface area contributed by atoms with Crippen molar-refractivity contribution in [3.05, 3.63) is 58.7 Å². The third kappa shape index (κ3) is 2.35. The number of nitrogen functional groups attached to an aromatic ring is 2. The molecular weight excluding hydrogens is 224 g/mol. The van der Waals surface area contributed by atoms with Gasteiger partial charge in [-0.3, -0.25) is 4.79 Å². The number of hydrogen-bond donors (Lipinski definition) is 2. The molecule has 0 radical (unpaired) electrons. The van der Waals surface area contributed by atoms with E-state index in [0.29, 0.717) is 22.5 Å². The predicted octanol–water partition coefficient (Wildman–Crippen LogP) is 2.70. The van der Waals surface area contributed by atoms with Crippen molar-refractivity contribution >= 4 is 17.2 Å². The summed E-state index contributed by atoms with van der Waals surface area (Å²) in [7, 11) is 0. The van der Waals surface area contributed by atoms with Crippen LogP contribution in [-0.2, 0) is 0 Å². The fourth-order valence-electron chi connectivity index (χ4n) is 2.04. The molecule has 0 saturated carbocycles. The van der Waals surface area contributed by atoms with E-state index in [1.165, 1.54) is 0 Å². The van der Waals surface area contributed by atoms with Crippen molar-refractivity contribution < 1.29 is 4.79 Å². The zero-order valence-electron chi connectivity index (χ0n) is 10.5. The van der Waals surface area contributed by atoms with Crippen LogP contribution in [0.3, 0.4) is 0 Å². The smallest absolute Gasteiger partial charge is 0.193 e. The van der Waals surface area contributed by atoms with E-state index in [2.05, 4.69) is 0 Å². The molecule has 2 aromatic rings. The Morgan fingerprint density at radius 1 is 0.944 bits per heavy atom. The largest absolute Gasteiger partial charge is 0.399 e. The summed E-state index contributed by atoms with van der Waals surface area (Å²) in [6, 6.07) is 10.7. The molecule has 3 nitrogen and oxygen atoms in total. The highest BCUT2D eigenvalue weighted by molar-refractivity contribution is 6.10. The molecule has 0 amide bonds. The van der Waals surface area contributed by atoms with E-state index >= 15 is 0 Å². The van der Waals surface area contributed by atoms with E-state index in [9.17, 15) is 4.79 Å². The van der Waals surface area contributed by atoms with Crippen molar-refractivity contribution in [2.24, 2.45) is 0 Å². The van der Waals surface area contributed by atoms with Gasteiger partial charge in [-0.2, -0.15) is 0 Å². The Bertz CT molecular complexity index is 598. The Morgan fingerprint density at radius 2 is 1.67 bits per heavy atom. The minimum absolute atomic E-state index is 0.0251. The minimum Gasteiger partial charge on any atom is -0.399 e. The minimum atomic E-state index is -0.0251. The van der Waals surface area contributed by atoms with Crippen LogP contribution in [0.2, 0.25) is 0 Å². The molecular formula is C15H16N2O. The molecule has 0 aliphatic heterocycles. The van der Waals surface area contributed by atoms with Gasteiger partial charge in [-0.1, -0.05) is 0 Å². The summed E-state index contributed by atoms with van der Waals surface area (Å²) in [5.41, 5.74) is 15.8. The standard InChI is InChI=1S/C15H16N2O/c1-9-5-11(8-13(17)6-9)15(18)14-4-3-12(16)7-10(14)2/h3-8H,16-17H2,1-2H3. The van der Waals surface area contributed by atoms with E-state index in [4.69, 9.17) is 11.5 Å². The maximum Gasteiger partial charge on any atom is 0.193 e. The van der Waals surface area contributed by atoms with Crippen molar-refractivity contribution in [3.63, 3.8) is 0 Å². The van der Waals surface area contributed by atoms with E-state index in [0.717, 1.165) is 11.1 Å². The van der Waals surface area contributed by atoms with E-state index in [1.54, 1.807) is 24.3 Å². The van der Waals surface area contributed by atoms with Gasteiger partial charge >= 0.3 is 0 Å². The molecule has 0 spiro atoms. The second-order valence-electron chi connectivity index (χ2n) is 4.54. The van der Waals surface area contributed by atoms with E-state index in [1.807, 2.05) is 26.0 Å². The van der Waals surface area contributed by atoms with E-state index < -0.39 is 0 Å². The average Bonchev–Trinajstić information content (AvgIpc) is 2.26. The Kier molecular flexibility index (Phi) is 3.06. The van der Waals surface area contributed by atoms with Gasteiger partial charge in [-0.15, -0.1) is 0 Å². The van der Waals surface area contributed by atoms with Crippen molar-refractivity contribution in [1.82, 2.24) is 0 Å². The fourth-order valence-corrected chi connectivity index (χ4v) is 2.04. The zero-order chi connectivity index (χ0) is 13.3. The lowest BCUT2D eigenvalue weighted by atomic mass is 9.97. The van der Waals surface area contributed by atoms with E-state index in [-0.39, 0.29) is 5.78 Å². The zero-order valence-corrected chi connectivity index (χ0v) is 10.5. The molecule has 0 aliphatic rings. The number of carbonyl (C=O) groups is 1. The number of hydrogen-bond acceptors (Lipinski definition) is 3. The molecule has 2 rings (SSSR count). The molecule has 4 N–H and O–H groups in total. The maximum atomic E-state index is 12.4. The SMILES string of the molecule is Cc1cc(N)cc(C(=O)c2ccc(N)cc2C)c1. The maximum absolute atomic E-state index is 12.4. The van der Waals surface area contributed by atoms with Gasteiger partial charge in [-0.05, 0) is 61.4 Å². The first-order valence-corrected chi connectivity index (χ1v) is 5.75. The lowest BCUT2D eigenvalue weighted by Crippen LogP contribution is -2.05. The molecule has 0 aromatic heterocycles. The summed E-state index contributed by atoms with van der Waals surface area (Å²) in [6.45, 7) is 3.80. The molecule has 92 valence electrons. The Labute approximate surface area is 106 Å². The number of ketones is 1. The Morgan fingerprint density at radius 3 is 2.28 bits per heavy atom. The quantitative estimate of drug-likeness (QED) is 0.626. The van der Waals surface area contributed by atoms with Crippen LogP contribution in [0.4, 0.5) is 11.4 Å². The molecule has 0 heterocycles. The fraction of sp³-hybridized carbons (Fsp3) is 0.133. The first kappa shape index (κ1) is 12.2. The monoisotopic (exact) mass is 240 g/mol. The molecule has 2 aromatic carbocycles. The van der Waals surface area contributed by atoms with Gasteiger partial charge in [0.15, 0.2) is 5.78 Å². The van der Waals surface area contributed by atoms with Gasteiger partial charge in [0, 0.05) is 22.5 Å². The molecule has 0 atom stereocenters. The van der Waals surface area contributed by atoms with Crippen molar-refractivity contribution in [1.29, 1.82) is 0 Å². The Balaban J connectivity index is 2.47. The number of carbonyl (C=O) groups excluding carboxylic acids is 1. The van der Waals surface area contributed by atoms with Crippen molar-refractivity contribution in [2.45, 2.75) is 13.8 Å². The molecule has 0 aliphatic carbocycles. The highest BCUT2D eigenvalue weighted by Gasteiger charge is 2.12. The third-order valence-corrected chi connectivity index (χ3v) is 2.86. The number of rotatable bonds is 2. The first-order valence-electron chi connectivity index (χ1n) is 5.75. The highest BCUT2D eigenvalue weighted by atomic mass is 16.1. The molecule has 0 saturated heterocycles. The number of nitrogens with two attached hydrogens (primary N) is 2.